The fourth-order valence-electron chi connectivity index (χ4n) is 2.31. The quantitative estimate of drug-likeness (QED) is 0.478. The Labute approximate surface area is 157 Å². The van der Waals surface area contributed by atoms with Crippen LogP contribution in [0.3, 0.4) is 0 Å². The van der Waals surface area contributed by atoms with E-state index in [1.807, 2.05) is 30.3 Å². The van der Waals surface area contributed by atoms with E-state index in [4.69, 9.17) is 9.26 Å². The molecule has 0 spiro atoms. The third kappa shape index (κ3) is 3.90. The number of hydrogen-bond donors (Lipinski definition) is 0. The lowest BCUT2D eigenvalue weighted by Crippen LogP contribution is -2.05. The molecule has 2 aromatic carbocycles. The van der Waals surface area contributed by atoms with E-state index >= 15 is 0 Å². The van der Waals surface area contributed by atoms with E-state index in [0.717, 1.165) is 10.6 Å². The van der Waals surface area contributed by atoms with Crippen molar-refractivity contribution in [3.63, 3.8) is 0 Å². The number of benzene rings is 2. The number of aromatic nitrogens is 3. The molecule has 4 aromatic rings. The number of thiazole rings is 1. The maximum Gasteiger partial charge on any atom is 0.358 e. The van der Waals surface area contributed by atoms with Crippen LogP contribution in [0.4, 0.5) is 4.39 Å². The van der Waals surface area contributed by atoms with Crippen LogP contribution in [-0.2, 0) is 11.3 Å². The summed E-state index contributed by atoms with van der Waals surface area (Å²) >= 11 is 1.36. The molecule has 4 rings (SSSR count). The van der Waals surface area contributed by atoms with E-state index in [9.17, 15) is 9.18 Å². The van der Waals surface area contributed by atoms with Gasteiger partial charge in [-0.25, -0.2) is 14.2 Å². The van der Waals surface area contributed by atoms with E-state index in [1.165, 1.54) is 35.6 Å². The van der Waals surface area contributed by atoms with Crippen molar-refractivity contribution in [2.24, 2.45) is 0 Å². The summed E-state index contributed by atoms with van der Waals surface area (Å²) in [7, 11) is 0. The van der Waals surface area contributed by atoms with Crippen molar-refractivity contribution in [2.45, 2.75) is 6.61 Å². The van der Waals surface area contributed by atoms with Crippen molar-refractivity contribution < 1.29 is 18.4 Å². The highest BCUT2D eigenvalue weighted by molar-refractivity contribution is 7.13. The predicted octanol–water partition coefficient (Wildman–Crippen LogP) is 4.36. The van der Waals surface area contributed by atoms with E-state index in [0.29, 0.717) is 11.4 Å². The Morgan fingerprint density at radius 2 is 1.81 bits per heavy atom. The van der Waals surface area contributed by atoms with Crippen LogP contribution in [0.2, 0.25) is 0 Å². The summed E-state index contributed by atoms with van der Waals surface area (Å²) in [6, 6.07) is 15.2. The molecule has 134 valence electrons. The van der Waals surface area contributed by atoms with E-state index in [-0.39, 0.29) is 24.0 Å². The molecular formula is C19H12FN3O3S. The molecule has 0 fully saturated rings. The maximum absolute atomic E-state index is 13.0. The first-order valence-electron chi connectivity index (χ1n) is 7.95. The van der Waals surface area contributed by atoms with Crippen LogP contribution in [0.5, 0.6) is 0 Å². The summed E-state index contributed by atoms with van der Waals surface area (Å²) in [5.74, 6) is -0.494. The molecule has 0 aliphatic heterocycles. The fourth-order valence-corrected chi connectivity index (χ4v) is 3.11. The standard InChI is InChI=1S/C19H12FN3O3S/c20-14-8-6-12(7-9-14)17-22-16(26-23-17)10-25-19(24)15-11-27-18(21-15)13-4-2-1-3-5-13/h1-9,11H,10H2. The molecule has 0 saturated heterocycles. The van der Waals surface area contributed by atoms with Crippen molar-refractivity contribution >= 4 is 17.3 Å². The van der Waals surface area contributed by atoms with Crippen molar-refractivity contribution in [3.05, 3.63) is 77.4 Å². The van der Waals surface area contributed by atoms with Crippen molar-refractivity contribution in [1.29, 1.82) is 0 Å². The zero-order valence-corrected chi connectivity index (χ0v) is 14.6. The Morgan fingerprint density at radius 1 is 1.04 bits per heavy atom. The van der Waals surface area contributed by atoms with E-state index < -0.39 is 5.97 Å². The number of hydrogen-bond acceptors (Lipinski definition) is 7. The van der Waals surface area contributed by atoms with Gasteiger partial charge < -0.3 is 9.26 Å². The van der Waals surface area contributed by atoms with Gasteiger partial charge in [-0.1, -0.05) is 35.5 Å². The molecule has 0 bridgehead atoms. The predicted molar refractivity (Wildman–Crippen MR) is 96.4 cm³/mol. The number of halogens is 1. The highest BCUT2D eigenvalue weighted by atomic mass is 32.1. The molecule has 27 heavy (non-hydrogen) atoms. The minimum atomic E-state index is -0.574. The third-order valence-electron chi connectivity index (χ3n) is 3.63. The molecule has 0 N–H and O–H groups in total. The Morgan fingerprint density at radius 3 is 2.59 bits per heavy atom. The Balaban J connectivity index is 1.40. The first-order chi connectivity index (χ1) is 13.2. The fraction of sp³-hybridized carbons (Fsp3) is 0.0526. The second kappa shape index (κ2) is 7.46. The van der Waals surface area contributed by atoms with Gasteiger partial charge in [0.15, 0.2) is 12.3 Å². The zero-order chi connectivity index (χ0) is 18.6. The monoisotopic (exact) mass is 381 g/mol. The third-order valence-corrected chi connectivity index (χ3v) is 4.52. The lowest BCUT2D eigenvalue weighted by atomic mass is 10.2. The van der Waals surface area contributed by atoms with Crippen molar-refractivity contribution in [1.82, 2.24) is 15.1 Å². The van der Waals surface area contributed by atoms with Gasteiger partial charge in [-0.15, -0.1) is 11.3 Å². The minimum Gasteiger partial charge on any atom is -0.451 e. The van der Waals surface area contributed by atoms with Crippen LogP contribution in [0.15, 0.2) is 64.5 Å². The summed E-state index contributed by atoms with van der Waals surface area (Å²) in [6.07, 6.45) is 0. The molecule has 6 nitrogen and oxygen atoms in total. The number of esters is 1. The van der Waals surface area contributed by atoms with Gasteiger partial charge in [0, 0.05) is 16.5 Å². The lowest BCUT2D eigenvalue weighted by Gasteiger charge is -1.98. The minimum absolute atomic E-state index is 0.140. The van der Waals surface area contributed by atoms with E-state index in [1.54, 1.807) is 5.38 Å². The lowest BCUT2D eigenvalue weighted by molar-refractivity contribution is 0.0424. The van der Waals surface area contributed by atoms with Gasteiger partial charge in [0.2, 0.25) is 5.82 Å². The molecule has 0 atom stereocenters. The van der Waals surface area contributed by atoms with Gasteiger partial charge in [0.05, 0.1) is 0 Å². The Hall–Kier alpha value is -3.39. The van der Waals surface area contributed by atoms with E-state index in [2.05, 4.69) is 15.1 Å². The first kappa shape index (κ1) is 17.0. The van der Waals surface area contributed by atoms with Crippen LogP contribution in [0.25, 0.3) is 22.0 Å². The average Bonchev–Trinajstić information content (AvgIpc) is 3.37. The normalized spacial score (nSPS) is 10.7. The van der Waals surface area contributed by atoms with Gasteiger partial charge in [-0.3, -0.25) is 0 Å². The number of rotatable bonds is 5. The molecule has 0 radical (unpaired) electrons. The molecule has 0 aliphatic carbocycles. The van der Waals surface area contributed by atoms with Crippen LogP contribution >= 0.6 is 11.3 Å². The van der Waals surface area contributed by atoms with Crippen LogP contribution in [-0.4, -0.2) is 21.1 Å². The van der Waals surface area contributed by atoms with Gasteiger partial charge >= 0.3 is 5.97 Å². The molecule has 2 aromatic heterocycles. The SMILES string of the molecule is O=C(OCc1nc(-c2ccc(F)cc2)no1)c1csc(-c2ccccc2)n1. The summed E-state index contributed by atoms with van der Waals surface area (Å²) in [5, 5.41) is 6.17. The zero-order valence-electron chi connectivity index (χ0n) is 13.8. The van der Waals surface area contributed by atoms with Gasteiger partial charge in [-0.05, 0) is 24.3 Å². The molecule has 0 unspecified atom stereocenters. The molecule has 0 amide bonds. The Bertz CT molecular complexity index is 1060. The first-order valence-corrected chi connectivity index (χ1v) is 8.83. The highest BCUT2D eigenvalue weighted by Crippen LogP contribution is 2.24. The number of carbonyl (C=O) groups excluding carboxylic acids is 1. The summed E-state index contributed by atoms with van der Waals surface area (Å²) < 4.78 is 23.2. The summed E-state index contributed by atoms with van der Waals surface area (Å²) in [4.78, 5) is 20.6. The van der Waals surface area contributed by atoms with Crippen molar-refractivity contribution in [2.75, 3.05) is 0 Å². The maximum atomic E-state index is 13.0. The highest BCUT2D eigenvalue weighted by Gasteiger charge is 2.16. The second-order valence-electron chi connectivity index (χ2n) is 5.50. The average molecular weight is 381 g/mol. The number of ether oxygens (including phenoxy) is 1. The molecule has 8 heteroatoms. The molecule has 0 aliphatic rings. The second-order valence-corrected chi connectivity index (χ2v) is 6.36. The van der Waals surface area contributed by atoms with Crippen LogP contribution in [0.1, 0.15) is 16.4 Å². The van der Waals surface area contributed by atoms with Crippen LogP contribution in [0, 0.1) is 5.82 Å². The largest absolute Gasteiger partial charge is 0.451 e. The Kier molecular flexibility index (Phi) is 4.71. The van der Waals surface area contributed by atoms with Gasteiger partial charge in [-0.2, -0.15) is 4.98 Å². The number of nitrogens with zero attached hydrogens (tertiary/aromatic N) is 3. The van der Waals surface area contributed by atoms with Crippen LogP contribution < -0.4 is 0 Å². The molecule has 0 saturated carbocycles. The van der Waals surface area contributed by atoms with Crippen molar-refractivity contribution in [3.8, 4) is 22.0 Å². The summed E-state index contributed by atoms with van der Waals surface area (Å²) in [6.45, 7) is -0.175. The number of carbonyl (C=O) groups is 1. The van der Waals surface area contributed by atoms with Gasteiger partial charge in [0.1, 0.15) is 10.8 Å². The topological polar surface area (TPSA) is 78.1 Å². The summed E-state index contributed by atoms with van der Waals surface area (Å²) in [5.41, 5.74) is 1.75. The van der Waals surface area contributed by atoms with Gasteiger partial charge in [0.25, 0.3) is 5.89 Å². The molecule has 2 heterocycles. The molecular weight excluding hydrogens is 369 g/mol. The smallest absolute Gasteiger partial charge is 0.358 e.